The van der Waals surface area contributed by atoms with Crippen LogP contribution < -0.4 is 0 Å². The maximum absolute atomic E-state index is 13.2. The molecule has 3 aromatic rings. The lowest BCUT2D eigenvalue weighted by Gasteiger charge is -2.04. The van der Waals surface area contributed by atoms with Crippen LogP contribution in [0.4, 0.5) is 4.39 Å². The number of benzene rings is 2. The summed E-state index contributed by atoms with van der Waals surface area (Å²) < 4.78 is 14.9. The van der Waals surface area contributed by atoms with Gasteiger partial charge in [-0.25, -0.2) is 9.07 Å². The van der Waals surface area contributed by atoms with E-state index in [0.29, 0.717) is 10.0 Å². The maximum Gasteiger partial charge on any atom is 0.123 e. The van der Waals surface area contributed by atoms with Gasteiger partial charge in [-0.1, -0.05) is 35.3 Å². The number of nitrogens with zero attached hydrogens (tertiary/aromatic N) is 2. The van der Waals surface area contributed by atoms with E-state index in [9.17, 15) is 4.39 Å². The van der Waals surface area contributed by atoms with Crippen molar-refractivity contribution < 1.29 is 4.39 Å². The van der Waals surface area contributed by atoms with Crippen LogP contribution >= 0.6 is 23.2 Å². The largest absolute Gasteiger partial charge is 0.239 e. The van der Waals surface area contributed by atoms with E-state index >= 15 is 0 Å². The highest BCUT2D eigenvalue weighted by molar-refractivity contribution is 6.35. The molecule has 2 nitrogen and oxygen atoms in total. The van der Waals surface area contributed by atoms with Crippen molar-refractivity contribution in [2.45, 2.75) is 0 Å². The summed E-state index contributed by atoms with van der Waals surface area (Å²) in [6, 6.07) is 11.5. The lowest BCUT2D eigenvalue weighted by Crippen LogP contribution is -1.94. The van der Waals surface area contributed by atoms with Crippen LogP contribution in [0.3, 0.4) is 0 Å². The summed E-state index contributed by atoms with van der Waals surface area (Å²) >= 11 is 12.0. The van der Waals surface area contributed by atoms with Crippen LogP contribution in [0.25, 0.3) is 16.8 Å². The first kappa shape index (κ1) is 13.2. The zero-order valence-electron chi connectivity index (χ0n) is 10.2. The Hall–Kier alpha value is -1.84. The van der Waals surface area contributed by atoms with E-state index in [4.69, 9.17) is 23.2 Å². The average Bonchev–Trinajstić information content (AvgIpc) is 2.88. The van der Waals surface area contributed by atoms with Crippen LogP contribution in [0.2, 0.25) is 10.0 Å². The maximum atomic E-state index is 13.2. The van der Waals surface area contributed by atoms with Crippen LogP contribution in [-0.4, -0.2) is 9.78 Å². The average molecular weight is 307 g/mol. The van der Waals surface area contributed by atoms with Crippen molar-refractivity contribution in [1.29, 1.82) is 0 Å². The third-order valence-electron chi connectivity index (χ3n) is 2.90. The fraction of sp³-hybridized carbons (Fsp3) is 0. The molecule has 0 unspecified atom stereocenters. The predicted molar refractivity (Wildman–Crippen MR) is 79.0 cm³/mol. The van der Waals surface area contributed by atoms with Gasteiger partial charge in [0.1, 0.15) is 5.82 Å². The van der Waals surface area contributed by atoms with E-state index < -0.39 is 0 Å². The van der Waals surface area contributed by atoms with Crippen LogP contribution in [0.15, 0.2) is 54.9 Å². The molecule has 0 aliphatic carbocycles. The Balaban J connectivity index is 2.02. The molecular weight excluding hydrogens is 298 g/mol. The molecule has 0 bridgehead atoms. The van der Waals surface area contributed by atoms with Gasteiger partial charge >= 0.3 is 0 Å². The van der Waals surface area contributed by atoms with Crippen LogP contribution in [0.1, 0.15) is 0 Å². The number of hydrogen-bond acceptors (Lipinski definition) is 1. The molecule has 0 saturated carbocycles. The van der Waals surface area contributed by atoms with Gasteiger partial charge in [0.2, 0.25) is 0 Å². The van der Waals surface area contributed by atoms with Crippen molar-refractivity contribution in [3.63, 3.8) is 0 Å². The van der Waals surface area contributed by atoms with Gasteiger partial charge in [-0.2, -0.15) is 5.10 Å². The van der Waals surface area contributed by atoms with E-state index in [2.05, 4.69) is 5.10 Å². The second-order valence-electron chi connectivity index (χ2n) is 4.28. The molecule has 1 aromatic heterocycles. The third kappa shape index (κ3) is 2.55. The Labute approximate surface area is 125 Å². The first-order chi connectivity index (χ1) is 9.63. The fourth-order valence-corrected chi connectivity index (χ4v) is 2.43. The van der Waals surface area contributed by atoms with Gasteiger partial charge in [0, 0.05) is 16.8 Å². The van der Waals surface area contributed by atoms with Crippen LogP contribution in [0.5, 0.6) is 0 Å². The second kappa shape index (κ2) is 5.27. The monoisotopic (exact) mass is 306 g/mol. The molecule has 0 spiro atoms. The highest BCUT2D eigenvalue weighted by atomic mass is 35.5. The lowest BCUT2D eigenvalue weighted by molar-refractivity contribution is 0.628. The zero-order valence-corrected chi connectivity index (χ0v) is 11.7. The molecule has 0 radical (unpaired) electrons. The van der Waals surface area contributed by atoms with Gasteiger partial charge in [-0.15, -0.1) is 0 Å². The summed E-state index contributed by atoms with van der Waals surface area (Å²) in [7, 11) is 0. The van der Waals surface area contributed by atoms with Gasteiger partial charge < -0.3 is 0 Å². The highest BCUT2D eigenvalue weighted by Gasteiger charge is 2.07. The zero-order chi connectivity index (χ0) is 14.1. The number of aromatic nitrogens is 2. The molecule has 0 amide bonds. The molecule has 0 atom stereocenters. The minimum atomic E-state index is -0.278. The topological polar surface area (TPSA) is 17.8 Å². The van der Waals surface area contributed by atoms with Crippen molar-refractivity contribution >= 4 is 23.2 Å². The fourth-order valence-electron chi connectivity index (χ4n) is 1.94. The summed E-state index contributed by atoms with van der Waals surface area (Å²) in [5.74, 6) is -0.278. The van der Waals surface area contributed by atoms with Gasteiger partial charge in [-0.05, 0) is 35.9 Å². The Kier molecular flexibility index (Phi) is 3.47. The van der Waals surface area contributed by atoms with E-state index in [1.807, 2.05) is 6.07 Å². The SMILES string of the molecule is Fc1cccc(-c2cnn(-c3ccc(Cl)cc3Cl)c2)c1. The Morgan fingerprint density at radius 1 is 1.00 bits per heavy atom. The standard InChI is InChI=1S/C15H9Cl2FN2/c16-12-4-5-15(14(17)7-12)20-9-11(8-19-20)10-2-1-3-13(18)6-10/h1-9H. The minimum Gasteiger partial charge on any atom is -0.239 e. The summed E-state index contributed by atoms with van der Waals surface area (Å²) in [4.78, 5) is 0. The first-order valence-electron chi connectivity index (χ1n) is 5.89. The quantitative estimate of drug-likeness (QED) is 0.652. The molecule has 20 heavy (non-hydrogen) atoms. The number of rotatable bonds is 2. The molecule has 0 aliphatic rings. The van der Waals surface area contributed by atoms with Crippen molar-refractivity contribution in [3.05, 3.63) is 70.7 Å². The predicted octanol–water partition coefficient (Wildman–Crippen LogP) is 4.99. The van der Waals surface area contributed by atoms with E-state index in [-0.39, 0.29) is 5.82 Å². The van der Waals surface area contributed by atoms with Crippen LogP contribution in [-0.2, 0) is 0 Å². The smallest absolute Gasteiger partial charge is 0.123 e. The molecule has 1 heterocycles. The molecule has 3 rings (SSSR count). The third-order valence-corrected chi connectivity index (χ3v) is 3.43. The molecule has 0 N–H and O–H groups in total. The summed E-state index contributed by atoms with van der Waals surface area (Å²) in [5, 5.41) is 5.32. The molecule has 5 heteroatoms. The van der Waals surface area contributed by atoms with E-state index in [0.717, 1.165) is 16.8 Å². The van der Waals surface area contributed by atoms with E-state index in [1.165, 1.54) is 12.1 Å². The normalized spacial score (nSPS) is 10.8. The van der Waals surface area contributed by atoms with Crippen molar-refractivity contribution in [2.24, 2.45) is 0 Å². The first-order valence-corrected chi connectivity index (χ1v) is 6.65. The van der Waals surface area contributed by atoms with Gasteiger partial charge in [0.05, 0.1) is 16.9 Å². The minimum absolute atomic E-state index is 0.278. The second-order valence-corrected chi connectivity index (χ2v) is 5.12. The van der Waals surface area contributed by atoms with E-state index in [1.54, 1.807) is 41.3 Å². The van der Waals surface area contributed by atoms with Gasteiger partial charge in [-0.3, -0.25) is 0 Å². The molecular formula is C15H9Cl2FN2. The Bertz CT molecular complexity index is 768. The number of hydrogen-bond donors (Lipinski definition) is 0. The van der Waals surface area contributed by atoms with Crippen LogP contribution in [0, 0.1) is 5.82 Å². The lowest BCUT2D eigenvalue weighted by atomic mass is 10.1. The molecule has 100 valence electrons. The highest BCUT2D eigenvalue weighted by Crippen LogP contribution is 2.26. The molecule has 2 aromatic carbocycles. The number of halogens is 3. The molecule has 0 saturated heterocycles. The Morgan fingerprint density at radius 2 is 1.85 bits per heavy atom. The van der Waals surface area contributed by atoms with Crippen molar-refractivity contribution in [3.8, 4) is 16.8 Å². The van der Waals surface area contributed by atoms with Gasteiger partial charge in [0.25, 0.3) is 0 Å². The summed E-state index contributed by atoms with van der Waals surface area (Å²) in [5.41, 5.74) is 2.30. The summed E-state index contributed by atoms with van der Waals surface area (Å²) in [6.45, 7) is 0. The van der Waals surface area contributed by atoms with Crippen molar-refractivity contribution in [2.75, 3.05) is 0 Å². The van der Waals surface area contributed by atoms with Crippen molar-refractivity contribution in [1.82, 2.24) is 9.78 Å². The molecule has 0 aliphatic heterocycles. The molecule has 0 fully saturated rings. The van der Waals surface area contributed by atoms with Gasteiger partial charge in [0.15, 0.2) is 0 Å². The Morgan fingerprint density at radius 3 is 2.60 bits per heavy atom. The summed E-state index contributed by atoms with van der Waals surface area (Å²) in [6.07, 6.45) is 3.46.